The topological polar surface area (TPSA) is 41.1 Å². The monoisotopic (exact) mass is 230 g/mol. The van der Waals surface area contributed by atoms with Gasteiger partial charge in [-0.25, -0.2) is 4.79 Å². The predicted molar refractivity (Wildman–Crippen MR) is 71.8 cm³/mol. The fourth-order valence-electron chi connectivity index (χ4n) is 1.55. The molecule has 0 unspecified atom stereocenters. The number of carbonyl (C=O) groups is 1. The summed E-state index contributed by atoms with van der Waals surface area (Å²) in [5, 5.41) is 5.77. The predicted octanol–water partition coefficient (Wildman–Crippen LogP) is 3.69. The molecule has 3 heteroatoms. The third-order valence-electron chi connectivity index (χ3n) is 2.73. The molecule has 0 aliphatic heterocycles. The summed E-state index contributed by atoms with van der Waals surface area (Å²) in [5.74, 6) is 0. The lowest BCUT2D eigenvalue weighted by Crippen LogP contribution is -2.41. The summed E-state index contributed by atoms with van der Waals surface area (Å²) < 4.78 is 0. The lowest BCUT2D eigenvalue weighted by molar-refractivity contribution is 0.237. The minimum atomic E-state index is 0. The Labute approximate surface area is 102 Å². The van der Waals surface area contributed by atoms with E-state index < -0.39 is 0 Å². The van der Waals surface area contributed by atoms with E-state index in [0.29, 0.717) is 6.04 Å². The van der Waals surface area contributed by atoms with Gasteiger partial charge in [-0.05, 0) is 19.3 Å². The second-order valence-electron chi connectivity index (χ2n) is 4.38. The molecule has 16 heavy (non-hydrogen) atoms. The maximum atomic E-state index is 11.1. The van der Waals surface area contributed by atoms with E-state index in [1.54, 1.807) is 0 Å². The summed E-state index contributed by atoms with van der Waals surface area (Å²) in [6, 6.07) is 0.436. The molecule has 2 N–H and O–H groups in total. The van der Waals surface area contributed by atoms with Crippen molar-refractivity contribution in [2.24, 2.45) is 0 Å². The van der Waals surface area contributed by atoms with Gasteiger partial charge in [0.1, 0.15) is 0 Å². The molecule has 0 radical (unpaired) electrons. The Bertz CT molecular complexity index is 169. The SMILES string of the molecule is CCCC.CCCNC(=O)NC1CCCC1.[HH]. The molecule has 0 heterocycles. The van der Waals surface area contributed by atoms with Gasteiger partial charge in [-0.1, -0.05) is 46.5 Å². The van der Waals surface area contributed by atoms with E-state index in [2.05, 4.69) is 31.4 Å². The average Bonchev–Trinajstić information content (AvgIpc) is 2.79. The molecule has 1 rings (SSSR count). The molecule has 0 spiro atoms. The highest BCUT2D eigenvalue weighted by Crippen LogP contribution is 2.17. The minimum Gasteiger partial charge on any atom is -0.338 e. The third-order valence-corrected chi connectivity index (χ3v) is 2.73. The molecule has 1 aliphatic rings. The number of rotatable bonds is 4. The van der Waals surface area contributed by atoms with Crippen LogP contribution in [0.15, 0.2) is 0 Å². The standard InChI is InChI=1S/C9H18N2O.C4H10.H2/c1-2-7-10-9(12)11-8-5-3-4-6-8;1-3-4-2;/h8H,2-7H2,1H3,(H2,10,11,12);3-4H2,1-2H3;1H. The number of hydrogen-bond donors (Lipinski definition) is 2. The van der Waals surface area contributed by atoms with Crippen LogP contribution >= 0.6 is 0 Å². The zero-order valence-corrected chi connectivity index (χ0v) is 11.1. The number of nitrogens with one attached hydrogen (secondary N) is 2. The summed E-state index contributed by atoms with van der Waals surface area (Å²) >= 11 is 0. The Hall–Kier alpha value is -0.730. The van der Waals surface area contributed by atoms with Gasteiger partial charge in [-0.3, -0.25) is 0 Å². The molecule has 1 aliphatic carbocycles. The molecule has 1 fully saturated rings. The van der Waals surface area contributed by atoms with Gasteiger partial charge in [0, 0.05) is 14.0 Å². The smallest absolute Gasteiger partial charge is 0.315 e. The fraction of sp³-hybridized carbons (Fsp3) is 0.923. The molecule has 0 aromatic rings. The van der Waals surface area contributed by atoms with Crippen molar-refractivity contribution in [3.8, 4) is 0 Å². The van der Waals surface area contributed by atoms with Crippen LogP contribution in [0.4, 0.5) is 4.79 Å². The van der Waals surface area contributed by atoms with Crippen LogP contribution in [-0.4, -0.2) is 18.6 Å². The lowest BCUT2D eigenvalue weighted by atomic mass is 10.2. The average molecular weight is 230 g/mol. The highest BCUT2D eigenvalue weighted by Gasteiger charge is 2.16. The first-order chi connectivity index (χ1) is 7.74. The molecule has 3 nitrogen and oxygen atoms in total. The number of hydrogen-bond acceptors (Lipinski definition) is 1. The molecule has 0 aromatic heterocycles. The number of amides is 2. The van der Waals surface area contributed by atoms with E-state index in [-0.39, 0.29) is 7.46 Å². The summed E-state index contributed by atoms with van der Waals surface area (Å²) in [6.45, 7) is 7.19. The van der Waals surface area contributed by atoms with Gasteiger partial charge in [-0.15, -0.1) is 0 Å². The molecule has 0 bridgehead atoms. The van der Waals surface area contributed by atoms with Gasteiger partial charge in [0.05, 0.1) is 0 Å². The zero-order chi connectivity index (χ0) is 12.2. The first-order valence-electron chi connectivity index (χ1n) is 6.78. The van der Waals surface area contributed by atoms with E-state index in [1.165, 1.54) is 25.7 Å². The van der Waals surface area contributed by atoms with Crippen molar-refractivity contribution in [1.29, 1.82) is 0 Å². The van der Waals surface area contributed by atoms with Crippen LogP contribution in [-0.2, 0) is 0 Å². The minimum absolute atomic E-state index is 0. The van der Waals surface area contributed by atoms with Crippen LogP contribution in [0.3, 0.4) is 0 Å². The van der Waals surface area contributed by atoms with Crippen molar-refractivity contribution < 1.29 is 6.22 Å². The van der Waals surface area contributed by atoms with Crippen LogP contribution in [0.5, 0.6) is 0 Å². The second kappa shape index (κ2) is 10.8. The molecule has 0 saturated heterocycles. The van der Waals surface area contributed by atoms with Crippen LogP contribution in [0.1, 0.15) is 67.1 Å². The van der Waals surface area contributed by atoms with Gasteiger partial charge in [0.15, 0.2) is 0 Å². The van der Waals surface area contributed by atoms with Crippen LogP contribution < -0.4 is 10.6 Å². The van der Waals surface area contributed by atoms with E-state index in [4.69, 9.17) is 0 Å². The van der Waals surface area contributed by atoms with Crippen LogP contribution in [0.2, 0.25) is 0 Å². The Morgan fingerprint density at radius 1 is 1.12 bits per heavy atom. The molecule has 0 atom stereocenters. The van der Waals surface area contributed by atoms with Crippen molar-refractivity contribution in [3.05, 3.63) is 0 Å². The molecule has 98 valence electrons. The Morgan fingerprint density at radius 3 is 2.12 bits per heavy atom. The first-order valence-corrected chi connectivity index (χ1v) is 6.78. The number of carbonyl (C=O) groups excluding carboxylic acids is 1. The third kappa shape index (κ3) is 8.57. The Morgan fingerprint density at radius 2 is 1.69 bits per heavy atom. The number of urea groups is 1. The van der Waals surface area contributed by atoms with E-state index in [9.17, 15) is 4.79 Å². The van der Waals surface area contributed by atoms with E-state index in [1.807, 2.05) is 0 Å². The van der Waals surface area contributed by atoms with Gasteiger partial charge in [0.25, 0.3) is 0 Å². The van der Waals surface area contributed by atoms with Gasteiger partial charge in [0.2, 0.25) is 0 Å². The second-order valence-corrected chi connectivity index (χ2v) is 4.38. The van der Waals surface area contributed by atoms with Gasteiger partial charge in [-0.2, -0.15) is 0 Å². The normalized spacial score (nSPS) is 15.2. The summed E-state index contributed by atoms with van der Waals surface area (Å²) in [6.07, 6.45) is 8.47. The van der Waals surface area contributed by atoms with Gasteiger partial charge >= 0.3 is 6.03 Å². The fourth-order valence-corrected chi connectivity index (χ4v) is 1.55. The molecule has 2 amide bonds. The molecular formula is C13H30N2O. The first kappa shape index (κ1) is 15.3. The van der Waals surface area contributed by atoms with Crippen molar-refractivity contribution in [1.82, 2.24) is 10.6 Å². The Balaban J connectivity index is 0. The lowest BCUT2D eigenvalue weighted by Gasteiger charge is -2.12. The highest BCUT2D eigenvalue weighted by molar-refractivity contribution is 5.74. The summed E-state index contributed by atoms with van der Waals surface area (Å²) in [4.78, 5) is 11.1. The van der Waals surface area contributed by atoms with Crippen molar-refractivity contribution in [2.45, 2.75) is 71.8 Å². The Kier molecular flexibility index (Phi) is 10.3. The maximum absolute atomic E-state index is 11.1. The molecule has 1 saturated carbocycles. The van der Waals surface area contributed by atoms with Crippen LogP contribution in [0, 0.1) is 0 Å². The van der Waals surface area contributed by atoms with E-state index in [0.717, 1.165) is 25.8 Å². The largest absolute Gasteiger partial charge is 0.338 e. The van der Waals surface area contributed by atoms with Crippen molar-refractivity contribution in [2.75, 3.05) is 6.54 Å². The quantitative estimate of drug-likeness (QED) is 0.760. The maximum Gasteiger partial charge on any atom is 0.315 e. The van der Waals surface area contributed by atoms with Crippen molar-refractivity contribution in [3.63, 3.8) is 0 Å². The van der Waals surface area contributed by atoms with E-state index >= 15 is 0 Å². The molecule has 0 aromatic carbocycles. The highest BCUT2D eigenvalue weighted by atomic mass is 16.2. The van der Waals surface area contributed by atoms with Gasteiger partial charge < -0.3 is 10.6 Å². The molecular weight excluding hydrogens is 200 g/mol. The van der Waals surface area contributed by atoms with Crippen molar-refractivity contribution >= 4 is 6.03 Å². The van der Waals surface area contributed by atoms with Crippen LogP contribution in [0.25, 0.3) is 0 Å². The summed E-state index contributed by atoms with van der Waals surface area (Å²) in [7, 11) is 0. The number of unbranched alkanes of at least 4 members (excludes halogenated alkanes) is 1. The summed E-state index contributed by atoms with van der Waals surface area (Å²) in [5.41, 5.74) is 0. The zero-order valence-electron chi connectivity index (χ0n) is 11.1.